The Bertz CT molecular complexity index is 1080. The van der Waals surface area contributed by atoms with Gasteiger partial charge in [-0.15, -0.1) is 24.5 Å². The number of amides is 2. The summed E-state index contributed by atoms with van der Waals surface area (Å²) in [6.07, 6.45) is -4.82. The lowest BCUT2D eigenvalue weighted by Crippen LogP contribution is -2.34. The van der Waals surface area contributed by atoms with Gasteiger partial charge in [-0.25, -0.2) is 0 Å². The molecule has 10 heteroatoms. The van der Waals surface area contributed by atoms with Crippen LogP contribution >= 0.6 is 11.3 Å². The molecule has 2 aromatic carbocycles. The summed E-state index contributed by atoms with van der Waals surface area (Å²) in [7, 11) is 0. The molecule has 160 valence electrons. The summed E-state index contributed by atoms with van der Waals surface area (Å²) in [6.45, 7) is 0.0390. The second-order valence-corrected chi connectivity index (χ2v) is 7.34. The second-order valence-electron chi connectivity index (χ2n) is 6.17. The number of carbonyl (C=O) groups excluding carboxylic acids is 3. The van der Waals surface area contributed by atoms with Crippen molar-refractivity contribution < 1.29 is 32.3 Å². The molecule has 0 fully saturated rings. The summed E-state index contributed by atoms with van der Waals surface area (Å²) in [6, 6.07) is 16.4. The first-order chi connectivity index (χ1) is 14.7. The lowest BCUT2D eigenvalue weighted by atomic mass is 10.1. The van der Waals surface area contributed by atoms with Crippen LogP contribution in [0.25, 0.3) is 0 Å². The van der Waals surface area contributed by atoms with Gasteiger partial charge in [-0.05, 0) is 36.4 Å². The van der Waals surface area contributed by atoms with Gasteiger partial charge in [0.15, 0.2) is 0 Å². The van der Waals surface area contributed by atoms with Crippen LogP contribution in [-0.2, 0) is 16.1 Å². The Labute approximate surface area is 178 Å². The molecular weight excluding hydrogens is 433 g/mol. The number of anilines is 1. The number of carbonyl (C=O) groups is 3. The first-order valence-electron chi connectivity index (χ1n) is 8.85. The zero-order valence-electron chi connectivity index (χ0n) is 15.7. The van der Waals surface area contributed by atoms with Gasteiger partial charge in [-0.1, -0.05) is 30.3 Å². The van der Waals surface area contributed by atoms with E-state index in [1.807, 2.05) is 6.07 Å². The third-order valence-corrected chi connectivity index (χ3v) is 4.98. The molecule has 3 aromatic rings. The van der Waals surface area contributed by atoms with Crippen LogP contribution in [0, 0.1) is 0 Å². The van der Waals surface area contributed by atoms with Gasteiger partial charge in [0.25, 0.3) is 0 Å². The highest BCUT2D eigenvalue weighted by atomic mass is 32.1. The van der Waals surface area contributed by atoms with Crippen LogP contribution in [0.15, 0.2) is 66.7 Å². The van der Waals surface area contributed by atoms with Crippen LogP contribution in [-0.4, -0.2) is 24.0 Å². The molecule has 31 heavy (non-hydrogen) atoms. The first-order valence-corrected chi connectivity index (χ1v) is 9.66. The number of ketones is 1. The Kier molecular flexibility index (Phi) is 6.71. The van der Waals surface area contributed by atoms with E-state index >= 15 is 0 Å². The van der Waals surface area contributed by atoms with Gasteiger partial charge in [0.1, 0.15) is 5.75 Å². The molecule has 2 N–H and O–H groups in total. The second kappa shape index (κ2) is 9.43. The lowest BCUT2D eigenvalue weighted by molar-refractivity contribution is -0.274. The average molecular weight is 448 g/mol. The molecule has 0 saturated heterocycles. The predicted octanol–water partition coefficient (Wildman–Crippen LogP) is 4.13. The van der Waals surface area contributed by atoms with E-state index in [9.17, 15) is 27.6 Å². The SMILES string of the molecule is O=C(NCc1ccc(C(=O)c2ccccc2)s1)C(=O)Nc1ccc(OC(F)(F)F)cc1. The summed E-state index contributed by atoms with van der Waals surface area (Å²) in [5.74, 6) is -2.51. The van der Waals surface area contributed by atoms with Gasteiger partial charge in [0.05, 0.1) is 11.4 Å². The number of nitrogens with one attached hydrogen (secondary N) is 2. The smallest absolute Gasteiger partial charge is 0.406 e. The minimum atomic E-state index is -4.82. The van der Waals surface area contributed by atoms with E-state index < -0.39 is 23.9 Å². The summed E-state index contributed by atoms with van der Waals surface area (Å²) in [5.41, 5.74) is 0.674. The molecule has 0 bridgehead atoms. The normalized spacial score (nSPS) is 10.9. The predicted molar refractivity (Wildman–Crippen MR) is 108 cm³/mol. The van der Waals surface area contributed by atoms with E-state index in [0.717, 1.165) is 12.1 Å². The molecule has 3 rings (SSSR count). The zero-order valence-corrected chi connectivity index (χ0v) is 16.5. The van der Waals surface area contributed by atoms with Gasteiger partial charge in [-0.3, -0.25) is 14.4 Å². The number of benzene rings is 2. The highest BCUT2D eigenvalue weighted by Crippen LogP contribution is 2.24. The molecule has 0 aliphatic carbocycles. The number of ether oxygens (including phenoxy) is 1. The van der Waals surface area contributed by atoms with Crippen molar-refractivity contribution in [3.8, 4) is 5.75 Å². The van der Waals surface area contributed by atoms with Crippen molar-refractivity contribution >= 4 is 34.6 Å². The Hall–Kier alpha value is -3.66. The largest absolute Gasteiger partial charge is 0.573 e. The van der Waals surface area contributed by atoms with Crippen molar-refractivity contribution in [1.29, 1.82) is 0 Å². The van der Waals surface area contributed by atoms with Crippen LogP contribution < -0.4 is 15.4 Å². The number of rotatable bonds is 6. The standard InChI is InChI=1S/C21H15F3N2O4S/c22-21(23,24)30-15-8-6-14(7-9-15)26-20(29)19(28)25-12-16-10-11-17(31-16)18(27)13-4-2-1-3-5-13/h1-11H,12H2,(H,25,28)(H,26,29). The van der Waals surface area contributed by atoms with Gasteiger partial charge >= 0.3 is 18.2 Å². The summed E-state index contributed by atoms with van der Waals surface area (Å²) < 4.78 is 40.2. The molecule has 0 spiro atoms. The number of hydrogen-bond acceptors (Lipinski definition) is 5. The quantitative estimate of drug-likeness (QED) is 0.439. The number of hydrogen-bond donors (Lipinski definition) is 2. The first kappa shape index (κ1) is 22.0. The van der Waals surface area contributed by atoms with Gasteiger partial charge < -0.3 is 15.4 Å². The molecule has 0 radical (unpaired) electrons. The summed E-state index contributed by atoms with van der Waals surface area (Å²) >= 11 is 1.20. The molecule has 6 nitrogen and oxygen atoms in total. The fourth-order valence-corrected chi connectivity index (χ4v) is 3.41. The van der Waals surface area contributed by atoms with Crippen LogP contribution in [0.2, 0.25) is 0 Å². The van der Waals surface area contributed by atoms with Crippen LogP contribution in [0.5, 0.6) is 5.75 Å². The Morgan fingerprint density at radius 3 is 2.19 bits per heavy atom. The molecule has 0 aliphatic heterocycles. The van der Waals surface area contributed by atoms with Crippen molar-refractivity contribution in [3.63, 3.8) is 0 Å². The third kappa shape index (κ3) is 6.41. The highest BCUT2D eigenvalue weighted by Gasteiger charge is 2.31. The molecule has 0 aliphatic rings. The van der Waals surface area contributed by atoms with Crippen molar-refractivity contribution in [2.75, 3.05) is 5.32 Å². The molecule has 1 aromatic heterocycles. The lowest BCUT2D eigenvalue weighted by Gasteiger charge is -2.10. The highest BCUT2D eigenvalue weighted by molar-refractivity contribution is 7.14. The van der Waals surface area contributed by atoms with E-state index in [2.05, 4.69) is 15.4 Å². The fourth-order valence-electron chi connectivity index (χ4n) is 2.50. The number of alkyl halides is 3. The monoisotopic (exact) mass is 448 g/mol. The Morgan fingerprint density at radius 1 is 0.871 bits per heavy atom. The van der Waals surface area contributed by atoms with E-state index in [0.29, 0.717) is 15.3 Å². The Morgan fingerprint density at radius 2 is 1.55 bits per heavy atom. The molecule has 2 amide bonds. The maximum Gasteiger partial charge on any atom is 0.573 e. The van der Waals surface area contributed by atoms with Gasteiger partial charge in [-0.2, -0.15) is 0 Å². The maximum absolute atomic E-state index is 12.4. The number of halogens is 3. The Balaban J connectivity index is 1.51. The maximum atomic E-state index is 12.4. The molecule has 0 saturated carbocycles. The van der Waals surface area contributed by atoms with Gasteiger partial charge in [0, 0.05) is 16.1 Å². The van der Waals surface area contributed by atoms with Crippen molar-refractivity contribution in [1.82, 2.24) is 5.32 Å². The molecular formula is C21H15F3N2O4S. The zero-order chi connectivity index (χ0) is 22.4. The van der Waals surface area contributed by atoms with Crippen LogP contribution in [0.3, 0.4) is 0 Å². The number of thiophene rings is 1. The van der Waals surface area contributed by atoms with Crippen molar-refractivity contribution in [3.05, 3.63) is 82.0 Å². The third-order valence-electron chi connectivity index (χ3n) is 3.90. The van der Waals surface area contributed by atoms with Crippen LogP contribution in [0.4, 0.5) is 18.9 Å². The van der Waals surface area contributed by atoms with E-state index in [4.69, 9.17) is 0 Å². The van der Waals surface area contributed by atoms with E-state index in [1.54, 1.807) is 36.4 Å². The summed E-state index contributed by atoms with van der Waals surface area (Å²) in [5, 5.41) is 4.70. The van der Waals surface area contributed by atoms with Crippen LogP contribution in [0.1, 0.15) is 20.1 Å². The molecule has 0 atom stereocenters. The van der Waals surface area contributed by atoms with E-state index in [-0.39, 0.29) is 18.0 Å². The van der Waals surface area contributed by atoms with Crippen molar-refractivity contribution in [2.24, 2.45) is 0 Å². The minimum absolute atomic E-state index is 0.0390. The molecule has 0 unspecified atom stereocenters. The minimum Gasteiger partial charge on any atom is -0.406 e. The topological polar surface area (TPSA) is 84.5 Å². The van der Waals surface area contributed by atoms with E-state index in [1.165, 1.54) is 23.5 Å². The van der Waals surface area contributed by atoms with Gasteiger partial charge in [0.2, 0.25) is 5.78 Å². The fraction of sp³-hybridized carbons (Fsp3) is 0.0952. The summed E-state index contributed by atoms with van der Waals surface area (Å²) in [4.78, 5) is 37.5. The molecule has 1 heterocycles. The average Bonchev–Trinajstić information content (AvgIpc) is 3.21. The van der Waals surface area contributed by atoms with Crippen molar-refractivity contribution in [2.45, 2.75) is 12.9 Å².